The van der Waals surface area contributed by atoms with Crippen molar-refractivity contribution in [3.8, 4) is 0 Å². The Bertz CT molecular complexity index is 572. The monoisotopic (exact) mass is 306 g/mol. The maximum absolute atomic E-state index is 11.9. The van der Waals surface area contributed by atoms with Gasteiger partial charge in [-0.05, 0) is 28.5 Å². The first kappa shape index (κ1) is 15.5. The molecule has 0 aliphatic rings. The second-order valence-electron chi connectivity index (χ2n) is 4.50. The minimum atomic E-state index is -0.698. The number of urea groups is 1. The molecule has 2 amide bonds. The lowest BCUT2D eigenvalue weighted by atomic mass is 10.2. The van der Waals surface area contributed by atoms with E-state index in [1.807, 2.05) is 41.1 Å². The number of carbonyl (C=O) groups excluding carboxylic acids is 1. The molecule has 2 aromatic rings. The molecule has 5 nitrogen and oxygen atoms in total. The molecule has 3 N–H and O–H groups in total. The van der Waals surface area contributed by atoms with E-state index < -0.39 is 6.10 Å². The highest BCUT2D eigenvalue weighted by molar-refractivity contribution is 7.07. The van der Waals surface area contributed by atoms with Gasteiger partial charge in [-0.25, -0.2) is 4.79 Å². The van der Waals surface area contributed by atoms with Gasteiger partial charge < -0.3 is 20.5 Å². The maximum Gasteiger partial charge on any atom is 0.319 e. The van der Waals surface area contributed by atoms with Gasteiger partial charge >= 0.3 is 6.03 Å². The number of anilines is 1. The van der Waals surface area contributed by atoms with Crippen molar-refractivity contribution >= 4 is 23.1 Å². The number of para-hydroxylation sites is 1. The summed E-state index contributed by atoms with van der Waals surface area (Å²) in [6.45, 7) is 0.586. The molecule has 0 radical (unpaired) electrons. The smallest absolute Gasteiger partial charge is 0.319 e. The van der Waals surface area contributed by atoms with Crippen molar-refractivity contribution in [1.29, 1.82) is 0 Å². The average Bonchev–Trinajstić information content (AvgIpc) is 3.01. The van der Waals surface area contributed by atoms with Crippen molar-refractivity contribution in [2.24, 2.45) is 0 Å². The highest BCUT2D eigenvalue weighted by Gasteiger charge is 2.10. The van der Waals surface area contributed by atoms with Crippen molar-refractivity contribution in [3.05, 3.63) is 52.2 Å². The topological polar surface area (TPSA) is 70.6 Å². The van der Waals surface area contributed by atoms with Gasteiger partial charge in [0, 0.05) is 24.9 Å². The van der Waals surface area contributed by atoms with Gasteiger partial charge in [-0.2, -0.15) is 11.3 Å². The number of hydrogen-bond donors (Lipinski definition) is 3. The molecule has 0 spiro atoms. The van der Waals surface area contributed by atoms with E-state index in [4.69, 9.17) is 4.74 Å². The second-order valence-corrected chi connectivity index (χ2v) is 5.28. The van der Waals surface area contributed by atoms with E-state index in [1.165, 1.54) is 11.3 Å². The van der Waals surface area contributed by atoms with Gasteiger partial charge in [0.15, 0.2) is 0 Å². The molecule has 0 saturated carbocycles. The summed E-state index contributed by atoms with van der Waals surface area (Å²) >= 11 is 1.51. The summed E-state index contributed by atoms with van der Waals surface area (Å²) in [5.74, 6) is 0. The molecule has 0 fully saturated rings. The van der Waals surface area contributed by atoms with Crippen LogP contribution in [-0.4, -0.2) is 24.8 Å². The van der Waals surface area contributed by atoms with Gasteiger partial charge in [0.2, 0.25) is 0 Å². The first-order valence-corrected chi connectivity index (χ1v) is 7.47. The Balaban J connectivity index is 1.87. The molecule has 2 rings (SSSR count). The third-order valence-corrected chi connectivity index (χ3v) is 3.65. The molecule has 0 aliphatic carbocycles. The molecule has 1 aromatic carbocycles. The van der Waals surface area contributed by atoms with Crippen LogP contribution in [0.3, 0.4) is 0 Å². The molecule has 1 unspecified atom stereocenters. The fourth-order valence-electron chi connectivity index (χ4n) is 1.86. The van der Waals surface area contributed by atoms with Crippen molar-refractivity contribution in [2.45, 2.75) is 12.7 Å². The molecule has 21 heavy (non-hydrogen) atoms. The van der Waals surface area contributed by atoms with E-state index in [1.54, 1.807) is 7.11 Å². The number of amides is 2. The maximum atomic E-state index is 11.9. The molecule has 0 bridgehead atoms. The van der Waals surface area contributed by atoms with Crippen molar-refractivity contribution < 1.29 is 14.6 Å². The largest absolute Gasteiger partial charge is 0.387 e. The van der Waals surface area contributed by atoms with Gasteiger partial charge in [-0.3, -0.25) is 0 Å². The number of benzene rings is 1. The van der Waals surface area contributed by atoms with Crippen molar-refractivity contribution in [1.82, 2.24) is 5.32 Å². The number of methoxy groups -OCH3 is 1. The van der Waals surface area contributed by atoms with E-state index in [2.05, 4.69) is 10.6 Å². The number of carbonyl (C=O) groups is 1. The van der Waals surface area contributed by atoms with Gasteiger partial charge in [0.05, 0.1) is 12.7 Å². The number of ether oxygens (including phenoxy) is 1. The van der Waals surface area contributed by atoms with Crippen LogP contribution in [0.15, 0.2) is 41.1 Å². The van der Waals surface area contributed by atoms with Crippen LogP contribution in [0.5, 0.6) is 0 Å². The van der Waals surface area contributed by atoms with E-state index in [-0.39, 0.29) is 12.6 Å². The van der Waals surface area contributed by atoms with Crippen LogP contribution >= 0.6 is 11.3 Å². The predicted octanol–water partition coefficient (Wildman–Crippen LogP) is 2.75. The number of aliphatic hydroxyl groups excluding tert-OH is 1. The molecule has 1 atom stereocenters. The molecular formula is C15H18N2O3S. The number of hydrogen-bond acceptors (Lipinski definition) is 4. The molecule has 1 heterocycles. The van der Waals surface area contributed by atoms with Crippen molar-refractivity contribution in [3.63, 3.8) is 0 Å². The summed E-state index contributed by atoms with van der Waals surface area (Å²) in [4.78, 5) is 11.9. The van der Waals surface area contributed by atoms with E-state index in [0.717, 1.165) is 11.1 Å². The van der Waals surface area contributed by atoms with E-state index in [9.17, 15) is 9.90 Å². The summed E-state index contributed by atoms with van der Waals surface area (Å²) < 4.78 is 5.09. The summed E-state index contributed by atoms with van der Waals surface area (Å²) in [6.07, 6.45) is -0.698. The quantitative estimate of drug-likeness (QED) is 0.768. The zero-order valence-corrected chi connectivity index (χ0v) is 12.5. The van der Waals surface area contributed by atoms with Crippen LogP contribution in [0.4, 0.5) is 10.5 Å². The Kier molecular flexibility index (Phi) is 5.74. The van der Waals surface area contributed by atoms with Gasteiger partial charge in [0.25, 0.3) is 0 Å². The highest BCUT2D eigenvalue weighted by atomic mass is 32.1. The third-order valence-electron chi connectivity index (χ3n) is 2.95. The molecule has 112 valence electrons. The summed E-state index contributed by atoms with van der Waals surface area (Å²) in [5, 5.41) is 19.1. The number of aliphatic hydroxyl groups is 1. The Morgan fingerprint density at radius 1 is 1.38 bits per heavy atom. The molecule has 0 saturated heterocycles. The number of thiophene rings is 1. The average molecular weight is 306 g/mol. The predicted molar refractivity (Wildman–Crippen MR) is 83.5 cm³/mol. The number of nitrogens with one attached hydrogen (secondary N) is 2. The van der Waals surface area contributed by atoms with Crippen LogP contribution in [0.25, 0.3) is 0 Å². The normalized spacial score (nSPS) is 11.9. The lowest BCUT2D eigenvalue weighted by molar-refractivity contribution is 0.175. The zero-order valence-electron chi connectivity index (χ0n) is 11.7. The minimum Gasteiger partial charge on any atom is -0.387 e. The lowest BCUT2D eigenvalue weighted by Crippen LogP contribution is -2.32. The van der Waals surface area contributed by atoms with Crippen LogP contribution in [0.1, 0.15) is 17.2 Å². The number of rotatable bonds is 6. The molecule has 1 aromatic heterocycles. The minimum absolute atomic E-state index is 0.162. The Morgan fingerprint density at radius 2 is 2.19 bits per heavy atom. The Hall–Kier alpha value is -1.89. The summed E-state index contributed by atoms with van der Waals surface area (Å²) in [5.41, 5.74) is 2.40. The van der Waals surface area contributed by atoms with E-state index >= 15 is 0 Å². The van der Waals surface area contributed by atoms with Crippen LogP contribution in [0, 0.1) is 0 Å². The molecular weight excluding hydrogens is 288 g/mol. The molecule has 0 aliphatic heterocycles. The van der Waals surface area contributed by atoms with Crippen LogP contribution < -0.4 is 10.6 Å². The SMILES string of the molecule is COCc1ccccc1NC(=O)NCC(O)c1ccsc1. The van der Waals surface area contributed by atoms with E-state index in [0.29, 0.717) is 12.3 Å². The van der Waals surface area contributed by atoms with Crippen LogP contribution in [0.2, 0.25) is 0 Å². The van der Waals surface area contributed by atoms with Crippen LogP contribution in [-0.2, 0) is 11.3 Å². The Labute approximate surface area is 127 Å². The first-order chi connectivity index (χ1) is 10.2. The zero-order chi connectivity index (χ0) is 15.1. The van der Waals surface area contributed by atoms with Gasteiger partial charge in [0.1, 0.15) is 0 Å². The standard InChI is InChI=1S/C15H18N2O3S/c1-20-9-11-4-2-3-5-13(11)17-15(19)16-8-14(18)12-6-7-21-10-12/h2-7,10,14,18H,8-9H2,1H3,(H2,16,17,19). The van der Waals surface area contributed by atoms with Gasteiger partial charge in [-0.15, -0.1) is 0 Å². The fraction of sp³-hybridized carbons (Fsp3) is 0.267. The lowest BCUT2D eigenvalue weighted by Gasteiger charge is -2.13. The van der Waals surface area contributed by atoms with Crippen molar-refractivity contribution in [2.75, 3.05) is 19.0 Å². The summed E-state index contributed by atoms with van der Waals surface area (Å²) in [7, 11) is 1.61. The molecule has 6 heteroatoms. The second kappa shape index (κ2) is 7.78. The van der Waals surface area contributed by atoms with Gasteiger partial charge in [-0.1, -0.05) is 18.2 Å². The summed E-state index contributed by atoms with van der Waals surface area (Å²) in [6, 6.07) is 8.91. The first-order valence-electron chi connectivity index (χ1n) is 6.52. The Morgan fingerprint density at radius 3 is 2.90 bits per heavy atom. The third kappa shape index (κ3) is 4.56. The fourth-order valence-corrected chi connectivity index (χ4v) is 2.57. The highest BCUT2D eigenvalue weighted by Crippen LogP contribution is 2.17.